The van der Waals surface area contributed by atoms with Gasteiger partial charge in [-0.15, -0.1) is 0 Å². The largest absolute Gasteiger partial charge is 0.356 e. The molecule has 1 heterocycles. The minimum Gasteiger partial charge on any atom is -0.356 e. The summed E-state index contributed by atoms with van der Waals surface area (Å²) in [5, 5.41) is 0. The lowest BCUT2D eigenvalue weighted by Gasteiger charge is -1.93. The molecule has 1 fully saturated rings. The highest BCUT2D eigenvalue weighted by Gasteiger charge is 2.43. The maximum atomic E-state index is 12.5. The molecule has 1 saturated heterocycles. The maximum Gasteiger partial charge on any atom is 0.161 e. The van der Waals surface area contributed by atoms with Crippen molar-refractivity contribution >= 4 is 5.78 Å². The van der Waals surface area contributed by atoms with Gasteiger partial charge in [-0.05, 0) is 24.6 Å². The number of ether oxygens (including phenoxy) is 1. The van der Waals surface area contributed by atoms with Crippen LogP contribution in [-0.4, -0.2) is 11.9 Å². The van der Waals surface area contributed by atoms with E-state index in [-0.39, 0.29) is 23.8 Å². The molecule has 13 heavy (non-hydrogen) atoms. The van der Waals surface area contributed by atoms with Crippen molar-refractivity contribution in [2.45, 2.75) is 19.1 Å². The second-order valence-corrected chi connectivity index (χ2v) is 3.14. The Labute approximate surface area is 75.3 Å². The van der Waals surface area contributed by atoms with Crippen molar-refractivity contribution in [1.29, 1.82) is 0 Å². The van der Waals surface area contributed by atoms with Gasteiger partial charge in [-0.25, -0.2) is 4.39 Å². The van der Waals surface area contributed by atoms with E-state index in [1.165, 1.54) is 19.1 Å². The van der Waals surface area contributed by atoms with Crippen LogP contribution in [0.15, 0.2) is 24.3 Å². The van der Waals surface area contributed by atoms with Crippen LogP contribution in [0.3, 0.4) is 0 Å². The number of ketones is 1. The molecular formula is C10H9FO2. The zero-order valence-electron chi connectivity index (χ0n) is 7.16. The molecule has 1 aromatic carbocycles. The predicted octanol–water partition coefficient (Wildman–Crippen LogP) is 1.85. The van der Waals surface area contributed by atoms with Gasteiger partial charge in [-0.3, -0.25) is 4.79 Å². The molecule has 1 aliphatic rings. The summed E-state index contributed by atoms with van der Waals surface area (Å²) < 4.78 is 17.7. The van der Waals surface area contributed by atoms with Gasteiger partial charge < -0.3 is 4.74 Å². The maximum absolute atomic E-state index is 12.5. The summed E-state index contributed by atoms with van der Waals surface area (Å²) in [7, 11) is 0. The van der Waals surface area contributed by atoms with E-state index >= 15 is 0 Å². The van der Waals surface area contributed by atoms with Crippen LogP contribution in [0.5, 0.6) is 0 Å². The van der Waals surface area contributed by atoms with Gasteiger partial charge in [0, 0.05) is 0 Å². The molecular weight excluding hydrogens is 171 g/mol. The lowest BCUT2D eigenvalue weighted by atomic mass is 10.1. The van der Waals surface area contributed by atoms with Gasteiger partial charge in [0.15, 0.2) is 5.78 Å². The fraction of sp³-hybridized carbons (Fsp3) is 0.300. The Morgan fingerprint density at radius 3 is 2.46 bits per heavy atom. The number of epoxide rings is 1. The second-order valence-electron chi connectivity index (χ2n) is 3.14. The van der Waals surface area contributed by atoms with E-state index in [1.807, 2.05) is 0 Å². The van der Waals surface area contributed by atoms with Gasteiger partial charge in [0.2, 0.25) is 0 Å². The Morgan fingerprint density at radius 2 is 2.00 bits per heavy atom. The van der Waals surface area contributed by atoms with E-state index in [1.54, 1.807) is 12.1 Å². The molecule has 0 amide bonds. The van der Waals surface area contributed by atoms with E-state index in [0.717, 1.165) is 5.56 Å². The molecule has 68 valence electrons. The standard InChI is InChI=1S/C10H9FO2/c1-6(12)9-10(13-9)7-2-4-8(11)5-3-7/h2-5,9-10H,1H3/t9-,10-/m0/s1. The summed E-state index contributed by atoms with van der Waals surface area (Å²) in [6, 6.07) is 6.02. The van der Waals surface area contributed by atoms with Crippen LogP contribution in [0.1, 0.15) is 18.6 Å². The first-order valence-corrected chi connectivity index (χ1v) is 4.10. The van der Waals surface area contributed by atoms with Crippen molar-refractivity contribution in [2.75, 3.05) is 0 Å². The first-order chi connectivity index (χ1) is 6.18. The molecule has 0 saturated carbocycles. The highest BCUT2D eigenvalue weighted by atomic mass is 19.1. The van der Waals surface area contributed by atoms with E-state index in [2.05, 4.69) is 0 Å². The van der Waals surface area contributed by atoms with Crippen LogP contribution >= 0.6 is 0 Å². The van der Waals surface area contributed by atoms with Crippen molar-refractivity contribution < 1.29 is 13.9 Å². The summed E-state index contributed by atoms with van der Waals surface area (Å²) in [6.45, 7) is 1.49. The Kier molecular flexibility index (Phi) is 1.88. The highest BCUT2D eigenvalue weighted by Crippen LogP contribution is 2.38. The number of carbonyl (C=O) groups is 1. The lowest BCUT2D eigenvalue weighted by molar-refractivity contribution is -0.118. The van der Waals surface area contributed by atoms with Gasteiger partial charge in [0.05, 0.1) is 0 Å². The van der Waals surface area contributed by atoms with Gasteiger partial charge in [-0.2, -0.15) is 0 Å². The topological polar surface area (TPSA) is 29.6 Å². The first kappa shape index (κ1) is 8.38. The third kappa shape index (κ3) is 1.60. The number of hydrogen-bond donors (Lipinski definition) is 0. The molecule has 0 aliphatic carbocycles. The molecule has 0 N–H and O–H groups in total. The normalized spacial score (nSPS) is 25.7. The van der Waals surface area contributed by atoms with Crippen LogP contribution in [-0.2, 0) is 9.53 Å². The molecule has 2 nitrogen and oxygen atoms in total. The Bertz CT molecular complexity index is 331. The predicted molar refractivity (Wildman–Crippen MR) is 44.7 cm³/mol. The number of hydrogen-bond acceptors (Lipinski definition) is 2. The number of benzene rings is 1. The van der Waals surface area contributed by atoms with Crippen LogP contribution < -0.4 is 0 Å². The van der Waals surface area contributed by atoms with E-state index < -0.39 is 0 Å². The molecule has 0 unspecified atom stereocenters. The third-order valence-electron chi connectivity index (χ3n) is 2.09. The molecule has 1 aromatic rings. The molecule has 0 bridgehead atoms. The average molecular weight is 180 g/mol. The monoisotopic (exact) mass is 180 g/mol. The fourth-order valence-corrected chi connectivity index (χ4v) is 1.33. The van der Waals surface area contributed by atoms with Crippen LogP contribution in [0.4, 0.5) is 4.39 Å². The minimum atomic E-state index is -0.314. The molecule has 3 heteroatoms. The third-order valence-corrected chi connectivity index (χ3v) is 2.09. The van der Waals surface area contributed by atoms with Gasteiger partial charge in [0.1, 0.15) is 18.0 Å². The zero-order chi connectivity index (χ0) is 9.42. The van der Waals surface area contributed by atoms with E-state index in [9.17, 15) is 9.18 Å². The van der Waals surface area contributed by atoms with Gasteiger partial charge in [0.25, 0.3) is 0 Å². The Morgan fingerprint density at radius 1 is 1.38 bits per heavy atom. The molecule has 0 radical (unpaired) electrons. The number of Topliss-reactive ketones (excluding diaryl/α,β-unsaturated/α-hetero) is 1. The summed E-state index contributed by atoms with van der Waals surface area (Å²) in [5.41, 5.74) is 0.863. The number of rotatable bonds is 2. The van der Waals surface area contributed by atoms with E-state index in [0.29, 0.717) is 0 Å². The van der Waals surface area contributed by atoms with Crippen molar-refractivity contribution in [3.8, 4) is 0 Å². The molecule has 0 aromatic heterocycles. The summed E-state index contributed by atoms with van der Waals surface area (Å²) in [4.78, 5) is 10.9. The van der Waals surface area contributed by atoms with Crippen molar-refractivity contribution in [2.24, 2.45) is 0 Å². The average Bonchev–Trinajstić information content (AvgIpc) is 2.85. The van der Waals surface area contributed by atoms with Crippen molar-refractivity contribution in [1.82, 2.24) is 0 Å². The summed E-state index contributed by atoms with van der Waals surface area (Å²) >= 11 is 0. The first-order valence-electron chi connectivity index (χ1n) is 4.10. The summed E-state index contributed by atoms with van der Waals surface area (Å²) in [6.07, 6.45) is -0.469. The smallest absolute Gasteiger partial charge is 0.161 e. The van der Waals surface area contributed by atoms with Gasteiger partial charge in [-0.1, -0.05) is 12.1 Å². The van der Waals surface area contributed by atoms with Crippen LogP contribution in [0, 0.1) is 5.82 Å². The van der Waals surface area contributed by atoms with Crippen molar-refractivity contribution in [3.63, 3.8) is 0 Å². The zero-order valence-corrected chi connectivity index (χ0v) is 7.16. The number of carbonyl (C=O) groups excluding carboxylic acids is 1. The van der Waals surface area contributed by atoms with Crippen LogP contribution in [0.25, 0.3) is 0 Å². The Hall–Kier alpha value is -1.22. The Balaban J connectivity index is 2.12. The molecule has 2 rings (SSSR count). The second kappa shape index (κ2) is 2.92. The number of halogens is 1. The molecule has 0 spiro atoms. The van der Waals surface area contributed by atoms with E-state index in [4.69, 9.17) is 4.74 Å². The highest BCUT2D eigenvalue weighted by molar-refractivity contribution is 5.83. The minimum absolute atomic E-state index is 0.0225. The van der Waals surface area contributed by atoms with Gasteiger partial charge >= 0.3 is 0 Å². The van der Waals surface area contributed by atoms with Crippen molar-refractivity contribution in [3.05, 3.63) is 35.6 Å². The quantitative estimate of drug-likeness (QED) is 0.650. The lowest BCUT2D eigenvalue weighted by Crippen LogP contribution is -2.00. The molecule has 2 atom stereocenters. The SMILES string of the molecule is CC(=O)[C@@H]1O[C@H]1c1ccc(F)cc1. The van der Waals surface area contributed by atoms with Crippen LogP contribution in [0.2, 0.25) is 0 Å². The summed E-state index contributed by atoms with van der Waals surface area (Å²) in [5.74, 6) is -0.252. The molecule has 1 aliphatic heterocycles. The fourth-order valence-electron chi connectivity index (χ4n) is 1.33.